The number of dihydropyridines is 1. The maximum Gasteiger partial charge on any atom is 0.334 e. The number of carbonyl (C=O) groups is 2. The van der Waals surface area contributed by atoms with Crippen LogP contribution < -0.4 is 15.4 Å². The topological polar surface area (TPSA) is 87.7 Å². The van der Waals surface area contributed by atoms with E-state index < -0.39 is 11.9 Å². The maximum atomic E-state index is 13.1. The predicted octanol–water partition coefficient (Wildman–Crippen LogP) is 3.85. The maximum absolute atomic E-state index is 13.1. The summed E-state index contributed by atoms with van der Waals surface area (Å²) >= 11 is 6.14. The average molecular weight is 427 g/mol. The Morgan fingerprint density at radius 1 is 1.07 bits per heavy atom. The second-order valence-corrected chi connectivity index (χ2v) is 7.35. The summed E-state index contributed by atoms with van der Waals surface area (Å²) in [6.07, 6.45) is 0. The summed E-state index contributed by atoms with van der Waals surface area (Å²) in [6.45, 7) is 4.01. The highest BCUT2D eigenvalue weighted by Crippen LogP contribution is 2.38. The fourth-order valence-electron chi connectivity index (χ4n) is 3.54. The van der Waals surface area contributed by atoms with Crippen LogP contribution in [0.2, 0.25) is 5.02 Å². The van der Waals surface area contributed by atoms with Crippen molar-refractivity contribution in [1.82, 2.24) is 10.6 Å². The summed E-state index contributed by atoms with van der Waals surface area (Å²) in [4.78, 5) is 25.1. The zero-order chi connectivity index (χ0) is 21.7. The molecule has 6 nitrogen and oxygen atoms in total. The lowest BCUT2D eigenvalue weighted by Crippen LogP contribution is -2.37. The molecule has 2 aromatic carbocycles. The molecule has 1 atom stereocenters. The van der Waals surface area contributed by atoms with Crippen molar-refractivity contribution in [3.8, 4) is 5.75 Å². The highest BCUT2D eigenvalue weighted by molar-refractivity contribution is 6.30. The highest BCUT2D eigenvalue weighted by Gasteiger charge is 2.36. The molecule has 1 heterocycles. The van der Waals surface area contributed by atoms with Gasteiger partial charge < -0.3 is 20.5 Å². The van der Waals surface area contributed by atoms with Crippen LogP contribution in [0.5, 0.6) is 5.75 Å². The first kappa shape index (κ1) is 21.5. The van der Waals surface area contributed by atoms with Gasteiger partial charge in [0.1, 0.15) is 12.4 Å². The Labute approximate surface area is 180 Å². The lowest BCUT2D eigenvalue weighted by atomic mass is 9.80. The van der Waals surface area contributed by atoms with Crippen molar-refractivity contribution in [2.24, 2.45) is 0 Å². The lowest BCUT2D eigenvalue weighted by Gasteiger charge is -2.30. The van der Waals surface area contributed by atoms with Crippen LogP contribution in [0.15, 0.2) is 77.1 Å². The van der Waals surface area contributed by atoms with Gasteiger partial charge in [0.25, 0.3) is 0 Å². The number of carboxylic acids is 1. The van der Waals surface area contributed by atoms with Crippen molar-refractivity contribution >= 4 is 23.5 Å². The van der Waals surface area contributed by atoms with E-state index in [2.05, 4.69) is 10.6 Å². The minimum Gasteiger partial charge on any atom is -0.492 e. The Hall–Kier alpha value is -3.25. The number of ether oxygens (including phenoxy) is 1. The quantitative estimate of drug-likeness (QED) is 0.585. The molecule has 0 aromatic heterocycles. The summed E-state index contributed by atoms with van der Waals surface area (Å²) < 4.78 is 5.61. The third-order valence-electron chi connectivity index (χ3n) is 4.82. The molecule has 2 aromatic rings. The summed E-state index contributed by atoms with van der Waals surface area (Å²) in [7, 11) is 0. The van der Waals surface area contributed by atoms with Gasteiger partial charge in [0.2, 0.25) is 5.91 Å². The van der Waals surface area contributed by atoms with E-state index in [9.17, 15) is 14.7 Å². The van der Waals surface area contributed by atoms with Gasteiger partial charge in [0.15, 0.2) is 0 Å². The fourth-order valence-corrected chi connectivity index (χ4v) is 3.74. The van der Waals surface area contributed by atoms with Gasteiger partial charge in [-0.05, 0) is 43.7 Å². The molecule has 30 heavy (non-hydrogen) atoms. The van der Waals surface area contributed by atoms with Crippen LogP contribution in [0.3, 0.4) is 0 Å². The number of halogens is 1. The van der Waals surface area contributed by atoms with Crippen molar-refractivity contribution in [1.29, 1.82) is 0 Å². The monoisotopic (exact) mass is 426 g/mol. The van der Waals surface area contributed by atoms with Gasteiger partial charge >= 0.3 is 5.97 Å². The first-order valence-electron chi connectivity index (χ1n) is 9.52. The molecule has 0 radical (unpaired) electrons. The van der Waals surface area contributed by atoms with Crippen LogP contribution in [0.1, 0.15) is 25.3 Å². The molecule has 3 N–H and O–H groups in total. The Morgan fingerprint density at radius 3 is 2.43 bits per heavy atom. The summed E-state index contributed by atoms with van der Waals surface area (Å²) in [6, 6.07) is 16.2. The summed E-state index contributed by atoms with van der Waals surface area (Å²) in [5, 5.41) is 16.2. The molecular weight excluding hydrogens is 404 g/mol. The number of rotatable bonds is 7. The van der Waals surface area contributed by atoms with Gasteiger partial charge in [0.05, 0.1) is 18.0 Å². The van der Waals surface area contributed by atoms with E-state index in [-0.39, 0.29) is 24.6 Å². The zero-order valence-electron chi connectivity index (χ0n) is 16.7. The smallest absolute Gasteiger partial charge is 0.334 e. The van der Waals surface area contributed by atoms with Gasteiger partial charge in [-0.25, -0.2) is 4.79 Å². The minimum absolute atomic E-state index is 0.119. The Kier molecular flexibility index (Phi) is 6.79. The van der Waals surface area contributed by atoms with Crippen molar-refractivity contribution < 1.29 is 19.4 Å². The molecule has 3 rings (SSSR count). The molecule has 1 aliphatic heterocycles. The van der Waals surface area contributed by atoms with Crippen LogP contribution in [0.4, 0.5) is 0 Å². The van der Waals surface area contributed by atoms with Crippen LogP contribution in [-0.2, 0) is 9.59 Å². The van der Waals surface area contributed by atoms with E-state index in [1.54, 1.807) is 38.1 Å². The Morgan fingerprint density at radius 2 is 1.77 bits per heavy atom. The fraction of sp³-hybridized carbons (Fsp3) is 0.217. The third kappa shape index (κ3) is 4.83. The average Bonchev–Trinajstić information content (AvgIpc) is 2.71. The van der Waals surface area contributed by atoms with Gasteiger partial charge in [-0.1, -0.05) is 41.9 Å². The van der Waals surface area contributed by atoms with E-state index in [1.807, 2.05) is 30.3 Å². The molecule has 0 spiro atoms. The number of hydrogen-bond donors (Lipinski definition) is 3. The number of carboxylic acid groups (broad SMARTS) is 1. The first-order valence-corrected chi connectivity index (χ1v) is 9.89. The van der Waals surface area contributed by atoms with Crippen molar-refractivity contribution in [2.45, 2.75) is 19.8 Å². The number of carbonyl (C=O) groups excluding carboxylic acids is 1. The molecule has 0 saturated carbocycles. The summed E-state index contributed by atoms with van der Waals surface area (Å²) in [5.41, 5.74) is 2.21. The van der Waals surface area contributed by atoms with Crippen molar-refractivity contribution in [3.63, 3.8) is 0 Å². The molecule has 1 aliphatic rings. The second-order valence-electron chi connectivity index (χ2n) is 6.91. The third-order valence-corrected chi connectivity index (χ3v) is 5.05. The Bertz CT molecular complexity index is 1010. The highest BCUT2D eigenvalue weighted by atomic mass is 35.5. The largest absolute Gasteiger partial charge is 0.492 e. The molecule has 0 saturated heterocycles. The van der Waals surface area contributed by atoms with E-state index in [0.717, 1.165) is 0 Å². The Balaban J connectivity index is 1.82. The zero-order valence-corrected chi connectivity index (χ0v) is 17.5. The van der Waals surface area contributed by atoms with Crippen LogP contribution >= 0.6 is 11.6 Å². The van der Waals surface area contributed by atoms with Gasteiger partial charge in [-0.2, -0.15) is 0 Å². The molecular formula is C23H23ClN2O4. The van der Waals surface area contributed by atoms with Crippen LogP contribution in [-0.4, -0.2) is 30.1 Å². The van der Waals surface area contributed by atoms with E-state index >= 15 is 0 Å². The molecule has 0 aliphatic carbocycles. The number of aliphatic carboxylic acids is 1. The van der Waals surface area contributed by atoms with Crippen molar-refractivity contribution in [3.05, 3.63) is 87.7 Å². The standard InChI is InChI=1S/C23H23ClN2O4/c1-14-19(22(27)25-11-12-30-18-9-4-3-5-10-18)21(16-7-6-8-17(24)13-16)20(23(28)29)15(2)26-14/h3-10,13,21,26H,11-12H2,1-2H3,(H,25,27)(H,28,29). The summed E-state index contributed by atoms with van der Waals surface area (Å²) in [5.74, 6) is -1.47. The number of nitrogens with one attached hydrogen (secondary N) is 2. The van der Waals surface area contributed by atoms with Gasteiger partial charge in [-0.3, -0.25) is 4.79 Å². The predicted molar refractivity (Wildman–Crippen MR) is 115 cm³/mol. The van der Waals surface area contributed by atoms with Gasteiger partial charge in [-0.15, -0.1) is 0 Å². The second kappa shape index (κ2) is 9.50. The molecule has 1 unspecified atom stereocenters. The van der Waals surface area contributed by atoms with Crippen LogP contribution in [0.25, 0.3) is 0 Å². The van der Waals surface area contributed by atoms with Gasteiger partial charge in [0, 0.05) is 22.0 Å². The molecule has 7 heteroatoms. The number of amides is 1. The number of benzene rings is 2. The number of allylic oxidation sites excluding steroid dienone is 2. The van der Waals surface area contributed by atoms with Crippen LogP contribution in [0, 0.1) is 0 Å². The molecule has 0 bridgehead atoms. The molecule has 156 valence electrons. The lowest BCUT2D eigenvalue weighted by molar-refractivity contribution is -0.133. The number of hydrogen-bond acceptors (Lipinski definition) is 4. The molecule has 0 fully saturated rings. The molecule has 1 amide bonds. The van der Waals surface area contributed by atoms with E-state index in [4.69, 9.17) is 16.3 Å². The van der Waals surface area contributed by atoms with E-state index in [1.165, 1.54) is 0 Å². The van der Waals surface area contributed by atoms with Crippen molar-refractivity contribution in [2.75, 3.05) is 13.2 Å². The van der Waals surface area contributed by atoms with E-state index in [0.29, 0.717) is 33.3 Å². The normalized spacial score (nSPS) is 16.2. The minimum atomic E-state index is -1.09. The first-order chi connectivity index (χ1) is 14.4. The SMILES string of the molecule is CC1=C(C(=O)O)C(c2cccc(Cl)c2)C(C(=O)NCCOc2ccccc2)=C(C)N1. The number of para-hydroxylation sites is 1.